The van der Waals surface area contributed by atoms with E-state index >= 15 is 0 Å². The number of anilines is 1. The number of likely N-dealkylation sites (N-methyl/N-ethyl adjacent to an activating group) is 1. The predicted molar refractivity (Wildman–Crippen MR) is 119 cm³/mol. The number of guanidine groups is 1. The Balaban J connectivity index is 1.49. The summed E-state index contributed by atoms with van der Waals surface area (Å²) in [7, 11) is 1.65. The number of aliphatic imine (C=N–C) groups is 1. The van der Waals surface area contributed by atoms with Crippen LogP contribution in [0, 0.1) is 11.6 Å². The summed E-state index contributed by atoms with van der Waals surface area (Å²) < 4.78 is 27.2. The van der Waals surface area contributed by atoms with E-state index in [-0.39, 0.29) is 18.5 Å². The quantitative estimate of drug-likeness (QED) is 0.525. The Kier molecular flexibility index (Phi) is 7.81. The van der Waals surface area contributed by atoms with E-state index in [9.17, 15) is 13.6 Å². The van der Waals surface area contributed by atoms with Crippen molar-refractivity contribution < 1.29 is 13.6 Å². The van der Waals surface area contributed by atoms with Gasteiger partial charge in [-0.2, -0.15) is 0 Å². The van der Waals surface area contributed by atoms with Crippen LogP contribution in [0.3, 0.4) is 0 Å². The Bertz CT molecular complexity index is 906. The minimum absolute atomic E-state index is 0.0178. The molecule has 1 atom stereocenters. The highest BCUT2D eigenvalue weighted by Crippen LogP contribution is 2.24. The molecular weight excluding hydrogens is 400 g/mol. The second-order valence-electron chi connectivity index (χ2n) is 7.49. The molecule has 1 fully saturated rings. The number of hydrogen-bond acceptors (Lipinski definition) is 3. The summed E-state index contributed by atoms with van der Waals surface area (Å²) in [5.41, 5.74) is 1.47. The highest BCUT2D eigenvalue weighted by molar-refractivity contribution is 5.86. The summed E-state index contributed by atoms with van der Waals surface area (Å²) in [6.45, 7) is 4.47. The lowest BCUT2D eigenvalue weighted by molar-refractivity contribution is -0.130. The number of benzene rings is 2. The minimum Gasteiger partial charge on any atom is -0.367 e. The average molecular weight is 430 g/mol. The van der Waals surface area contributed by atoms with Crippen LogP contribution in [-0.4, -0.2) is 56.0 Å². The third-order valence-corrected chi connectivity index (χ3v) is 5.36. The number of carbonyl (C=O) groups excluding carboxylic acids is 1. The molecule has 3 rings (SSSR count). The van der Waals surface area contributed by atoms with Gasteiger partial charge in [-0.3, -0.25) is 9.79 Å². The van der Waals surface area contributed by atoms with E-state index in [4.69, 9.17) is 0 Å². The first-order chi connectivity index (χ1) is 15.0. The van der Waals surface area contributed by atoms with Crippen LogP contribution < -0.4 is 15.5 Å². The molecule has 1 amide bonds. The molecule has 0 spiro atoms. The molecule has 2 N–H and O–H groups in total. The fraction of sp³-hybridized carbons (Fsp3) is 0.391. The molecule has 31 heavy (non-hydrogen) atoms. The summed E-state index contributed by atoms with van der Waals surface area (Å²) in [6, 6.07) is 13.5. The minimum atomic E-state index is -0.585. The standard InChI is InChI=1S/C23H29F2N5O/c1-3-29(15-17-7-5-4-6-8-17)22(31)14-27-23(26-2)28-19-11-12-30(16-19)21-10-9-18(24)13-20(21)25/h4-10,13,19H,3,11-12,14-16H2,1-2H3,(H2,26,27,28). The maximum absolute atomic E-state index is 14.1. The highest BCUT2D eigenvalue weighted by Gasteiger charge is 2.25. The molecule has 166 valence electrons. The summed E-state index contributed by atoms with van der Waals surface area (Å²) in [6.07, 6.45) is 0.778. The zero-order chi connectivity index (χ0) is 22.2. The summed E-state index contributed by atoms with van der Waals surface area (Å²) in [4.78, 5) is 20.5. The molecule has 1 unspecified atom stereocenters. The molecular formula is C23H29F2N5O. The van der Waals surface area contributed by atoms with E-state index in [0.29, 0.717) is 37.8 Å². The monoisotopic (exact) mass is 429 g/mol. The van der Waals surface area contributed by atoms with Crippen molar-refractivity contribution in [2.75, 3.05) is 38.1 Å². The van der Waals surface area contributed by atoms with Gasteiger partial charge in [0.15, 0.2) is 5.96 Å². The lowest BCUT2D eigenvalue weighted by atomic mass is 10.2. The largest absolute Gasteiger partial charge is 0.367 e. The van der Waals surface area contributed by atoms with Crippen molar-refractivity contribution in [2.24, 2.45) is 4.99 Å². The van der Waals surface area contributed by atoms with Gasteiger partial charge < -0.3 is 20.4 Å². The zero-order valence-corrected chi connectivity index (χ0v) is 17.9. The van der Waals surface area contributed by atoms with Crippen molar-refractivity contribution in [3.05, 3.63) is 65.7 Å². The SMILES string of the molecule is CCN(Cc1ccccc1)C(=O)CNC(=NC)NC1CCN(c2ccc(F)cc2F)C1. The molecule has 1 saturated heterocycles. The Morgan fingerprint density at radius 1 is 1.23 bits per heavy atom. The van der Waals surface area contributed by atoms with Gasteiger partial charge in [0, 0.05) is 45.3 Å². The first-order valence-corrected chi connectivity index (χ1v) is 10.5. The van der Waals surface area contributed by atoms with Gasteiger partial charge in [0.2, 0.25) is 5.91 Å². The van der Waals surface area contributed by atoms with Crippen LogP contribution in [0.2, 0.25) is 0 Å². The molecule has 0 bridgehead atoms. The van der Waals surface area contributed by atoms with E-state index in [2.05, 4.69) is 15.6 Å². The number of nitrogens with one attached hydrogen (secondary N) is 2. The van der Waals surface area contributed by atoms with Gasteiger partial charge >= 0.3 is 0 Å². The Morgan fingerprint density at radius 2 is 2.00 bits per heavy atom. The van der Waals surface area contributed by atoms with Gasteiger partial charge in [0.05, 0.1) is 12.2 Å². The molecule has 0 aromatic heterocycles. The van der Waals surface area contributed by atoms with Crippen molar-refractivity contribution in [3.8, 4) is 0 Å². The molecule has 2 aromatic rings. The van der Waals surface area contributed by atoms with Gasteiger partial charge in [-0.1, -0.05) is 30.3 Å². The van der Waals surface area contributed by atoms with Gasteiger partial charge in [-0.05, 0) is 31.0 Å². The molecule has 1 heterocycles. The third kappa shape index (κ3) is 6.16. The number of carbonyl (C=O) groups is 1. The Hall–Kier alpha value is -3.16. The molecule has 0 saturated carbocycles. The maximum Gasteiger partial charge on any atom is 0.242 e. The van der Waals surface area contributed by atoms with Gasteiger partial charge in [0.1, 0.15) is 11.6 Å². The van der Waals surface area contributed by atoms with Crippen molar-refractivity contribution in [3.63, 3.8) is 0 Å². The molecule has 0 aliphatic carbocycles. The number of nitrogens with zero attached hydrogens (tertiary/aromatic N) is 3. The lowest BCUT2D eigenvalue weighted by Crippen LogP contribution is -2.48. The molecule has 0 radical (unpaired) electrons. The summed E-state index contributed by atoms with van der Waals surface area (Å²) in [5, 5.41) is 6.36. The highest BCUT2D eigenvalue weighted by atomic mass is 19.1. The fourth-order valence-electron chi connectivity index (χ4n) is 3.67. The Labute approximate surface area is 182 Å². The Morgan fingerprint density at radius 3 is 2.68 bits per heavy atom. The maximum atomic E-state index is 14.1. The van der Waals surface area contributed by atoms with E-state index < -0.39 is 11.6 Å². The van der Waals surface area contributed by atoms with E-state index in [1.54, 1.807) is 11.9 Å². The average Bonchev–Trinajstić information content (AvgIpc) is 3.23. The second-order valence-corrected chi connectivity index (χ2v) is 7.49. The molecule has 8 heteroatoms. The molecule has 6 nitrogen and oxygen atoms in total. The normalized spacial score (nSPS) is 16.3. The predicted octanol–water partition coefficient (Wildman–Crippen LogP) is 2.76. The van der Waals surface area contributed by atoms with E-state index in [1.165, 1.54) is 12.1 Å². The van der Waals surface area contributed by atoms with E-state index in [1.807, 2.05) is 42.2 Å². The topological polar surface area (TPSA) is 60.0 Å². The van der Waals surface area contributed by atoms with Crippen LogP contribution >= 0.6 is 0 Å². The van der Waals surface area contributed by atoms with E-state index in [0.717, 1.165) is 18.1 Å². The van der Waals surface area contributed by atoms with Crippen LogP contribution in [0.5, 0.6) is 0 Å². The zero-order valence-electron chi connectivity index (χ0n) is 17.9. The summed E-state index contributed by atoms with van der Waals surface area (Å²) >= 11 is 0. The van der Waals surface area contributed by atoms with Crippen LogP contribution in [0.25, 0.3) is 0 Å². The van der Waals surface area contributed by atoms with Gasteiger partial charge in [-0.25, -0.2) is 8.78 Å². The molecule has 2 aromatic carbocycles. The van der Waals surface area contributed by atoms with Gasteiger partial charge in [0.25, 0.3) is 0 Å². The second kappa shape index (κ2) is 10.7. The van der Waals surface area contributed by atoms with Crippen LogP contribution in [0.1, 0.15) is 18.9 Å². The number of hydrogen-bond donors (Lipinski definition) is 2. The first-order valence-electron chi connectivity index (χ1n) is 10.5. The van der Waals surface area contributed by atoms with Crippen molar-refractivity contribution in [2.45, 2.75) is 25.9 Å². The number of halogens is 2. The third-order valence-electron chi connectivity index (χ3n) is 5.36. The van der Waals surface area contributed by atoms with Crippen molar-refractivity contribution in [1.82, 2.24) is 15.5 Å². The number of rotatable bonds is 7. The van der Waals surface area contributed by atoms with Crippen LogP contribution in [0.15, 0.2) is 53.5 Å². The first kappa shape index (κ1) is 22.5. The summed E-state index contributed by atoms with van der Waals surface area (Å²) in [5.74, 6) is -0.643. The van der Waals surface area contributed by atoms with Crippen LogP contribution in [0.4, 0.5) is 14.5 Å². The molecule has 1 aliphatic heterocycles. The van der Waals surface area contributed by atoms with Crippen molar-refractivity contribution in [1.29, 1.82) is 0 Å². The van der Waals surface area contributed by atoms with Crippen LogP contribution in [-0.2, 0) is 11.3 Å². The molecule has 1 aliphatic rings. The van der Waals surface area contributed by atoms with Crippen molar-refractivity contribution >= 4 is 17.6 Å². The lowest BCUT2D eigenvalue weighted by Gasteiger charge is -2.23. The number of amides is 1. The smallest absolute Gasteiger partial charge is 0.242 e. The fourth-order valence-corrected chi connectivity index (χ4v) is 3.67. The van der Waals surface area contributed by atoms with Gasteiger partial charge in [-0.15, -0.1) is 0 Å².